The van der Waals surface area contributed by atoms with Gasteiger partial charge in [0.25, 0.3) is 5.91 Å². The molecule has 5 aromatic rings. The smallest absolute Gasteiger partial charge is 0.274 e. The van der Waals surface area contributed by atoms with Gasteiger partial charge in [-0.3, -0.25) is 14.8 Å². The Hall–Kier alpha value is -4.26. The second-order valence-corrected chi connectivity index (χ2v) is 6.47. The lowest BCUT2D eigenvalue weighted by Crippen LogP contribution is -2.17. The van der Waals surface area contributed by atoms with Crippen molar-refractivity contribution in [1.29, 1.82) is 0 Å². The summed E-state index contributed by atoms with van der Waals surface area (Å²) in [6, 6.07) is 17.2. The third-order valence-electron chi connectivity index (χ3n) is 4.64. The monoisotopic (exact) mass is 380 g/mol. The summed E-state index contributed by atoms with van der Waals surface area (Å²) in [7, 11) is 0. The van der Waals surface area contributed by atoms with Crippen LogP contribution in [0.5, 0.6) is 0 Å². The van der Waals surface area contributed by atoms with E-state index in [-0.39, 0.29) is 5.91 Å². The zero-order valence-electron chi connectivity index (χ0n) is 15.3. The van der Waals surface area contributed by atoms with Gasteiger partial charge < -0.3 is 9.72 Å². The van der Waals surface area contributed by atoms with Gasteiger partial charge in [0.2, 0.25) is 0 Å². The molecule has 1 amide bonds. The van der Waals surface area contributed by atoms with Crippen molar-refractivity contribution in [2.45, 2.75) is 0 Å². The van der Waals surface area contributed by atoms with E-state index in [2.05, 4.69) is 26.4 Å². The highest BCUT2D eigenvalue weighted by Crippen LogP contribution is 2.23. The van der Waals surface area contributed by atoms with Crippen LogP contribution in [0.1, 0.15) is 10.5 Å². The van der Waals surface area contributed by atoms with E-state index in [1.54, 1.807) is 47.7 Å². The largest absolute Gasteiger partial charge is 0.319 e. The van der Waals surface area contributed by atoms with Crippen molar-refractivity contribution in [3.05, 3.63) is 97.5 Å². The summed E-state index contributed by atoms with van der Waals surface area (Å²) < 4.78 is 3.64. The average Bonchev–Trinajstić information content (AvgIpc) is 3.41. The van der Waals surface area contributed by atoms with Gasteiger partial charge in [-0.05, 0) is 48.0 Å². The lowest BCUT2D eigenvalue weighted by molar-refractivity contribution is 0.101. The Balaban J connectivity index is 1.55. The molecule has 0 saturated carbocycles. The van der Waals surface area contributed by atoms with Gasteiger partial charge in [0.15, 0.2) is 0 Å². The quantitative estimate of drug-likeness (QED) is 0.514. The highest BCUT2D eigenvalue weighted by Gasteiger charge is 2.16. The molecule has 5 rings (SSSR count). The van der Waals surface area contributed by atoms with Gasteiger partial charge in [0, 0.05) is 35.9 Å². The number of anilines is 1. The molecule has 140 valence electrons. The average molecular weight is 380 g/mol. The third kappa shape index (κ3) is 3.14. The fourth-order valence-electron chi connectivity index (χ4n) is 3.25. The van der Waals surface area contributed by atoms with Gasteiger partial charge in [-0.2, -0.15) is 5.10 Å². The summed E-state index contributed by atoms with van der Waals surface area (Å²) >= 11 is 0. The first-order chi connectivity index (χ1) is 14.3. The number of rotatable bonds is 4. The molecule has 0 aromatic carbocycles. The first-order valence-corrected chi connectivity index (χ1v) is 9.07. The summed E-state index contributed by atoms with van der Waals surface area (Å²) in [5.41, 5.74) is 4.10. The number of carbonyl (C=O) groups is 1. The van der Waals surface area contributed by atoms with E-state index in [0.29, 0.717) is 11.4 Å². The maximum atomic E-state index is 12.8. The molecule has 0 saturated heterocycles. The molecule has 0 aliphatic carbocycles. The summed E-state index contributed by atoms with van der Waals surface area (Å²) in [5.74, 6) is 0.515. The molecule has 29 heavy (non-hydrogen) atoms. The summed E-state index contributed by atoms with van der Waals surface area (Å²) in [6.45, 7) is 0. The zero-order chi connectivity index (χ0) is 19.6. The standard InChI is InChI=1S/C22H16N6O/c29-22(26-18-4-2-11-24-14-18)20-9-12-25-28(20)21-8-7-19-6-5-17(15-27(19)21)16-3-1-10-23-13-16/h1-15H,(H,26,29). The predicted molar refractivity (Wildman–Crippen MR) is 110 cm³/mol. The first kappa shape index (κ1) is 16.9. The van der Waals surface area contributed by atoms with Crippen LogP contribution in [0, 0.1) is 0 Å². The maximum Gasteiger partial charge on any atom is 0.274 e. The van der Waals surface area contributed by atoms with Crippen LogP contribution in [0.4, 0.5) is 5.69 Å². The van der Waals surface area contributed by atoms with Crippen molar-refractivity contribution in [2.75, 3.05) is 5.32 Å². The van der Waals surface area contributed by atoms with Gasteiger partial charge in [-0.25, -0.2) is 4.68 Å². The van der Waals surface area contributed by atoms with Gasteiger partial charge in [-0.15, -0.1) is 0 Å². The lowest BCUT2D eigenvalue weighted by atomic mass is 10.1. The van der Waals surface area contributed by atoms with Crippen LogP contribution in [0.3, 0.4) is 0 Å². The fraction of sp³-hybridized carbons (Fsp3) is 0. The molecular weight excluding hydrogens is 364 g/mol. The Morgan fingerprint density at radius 3 is 2.45 bits per heavy atom. The number of nitrogens with zero attached hydrogens (tertiary/aromatic N) is 5. The molecule has 0 unspecified atom stereocenters. The molecule has 1 N–H and O–H groups in total. The number of pyridine rings is 3. The third-order valence-corrected chi connectivity index (χ3v) is 4.64. The van der Waals surface area contributed by atoms with Crippen molar-refractivity contribution in [1.82, 2.24) is 24.1 Å². The molecular formula is C22H16N6O. The SMILES string of the molecule is O=C(Nc1cccnc1)c1ccnn1-c1ccc2ccc(-c3cccnc3)cn12. The van der Waals surface area contributed by atoms with Crippen LogP contribution in [0.2, 0.25) is 0 Å². The topological polar surface area (TPSA) is 77.1 Å². The molecule has 0 fully saturated rings. The number of aromatic nitrogens is 5. The van der Waals surface area contributed by atoms with Crippen molar-refractivity contribution >= 4 is 17.1 Å². The molecule has 0 radical (unpaired) electrons. The van der Waals surface area contributed by atoms with Crippen LogP contribution in [0.25, 0.3) is 22.5 Å². The zero-order valence-corrected chi connectivity index (χ0v) is 15.3. The second kappa shape index (κ2) is 7.05. The highest BCUT2D eigenvalue weighted by atomic mass is 16.2. The van der Waals surface area contributed by atoms with E-state index in [1.165, 1.54) is 0 Å². The minimum atomic E-state index is -0.256. The van der Waals surface area contributed by atoms with Gasteiger partial charge in [-0.1, -0.05) is 12.1 Å². The fourth-order valence-corrected chi connectivity index (χ4v) is 3.25. The Labute approximate surface area is 166 Å². The molecule has 0 bridgehead atoms. The van der Waals surface area contributed by atoms with Crippen molar-refractivity contribution in [2.24, 2.45) is 0 Å². The highest BCUT2D eigenvalue weighted by molar-refractivity contribution is 6.03. The molecule has 7 nitrogen and oxygen atoms in total. The minimum Gasteiger partial charge on any atom is -0.319 e. The Kier molecular flexibility index (Phi) is 4.10. The molecule has 0 aliphatic rings. The molecule has 0 spiro atoms. The van der Waals surface area contributed by atoms with Gasteiger partial charge in [0.1, 0.15) is 11.5 Å². The first-order valence-electron chi connectivity index (χ1n) is 9.07. The molecule has 5 heterocycles. The Bertz CT molecular complexity index is 1290. The predicted octanol–water partition coefficient (Wildman–Crippen LogP) is 3.83. The van der Waals surface area contributed by atoms with E-state index in [1.807, 2.05) is 47.1 Å². The maximum absolute atomic E-state index is 12.8. The molecule has 0 atom stereocenters. The van der Waals surface area contributed by atoms with E-state index >= 15 is 0 Å². The minimum absolute atomic E-state index is 0.256. The summed E-state index contributed by atoms with van der Waals surface area (Å²) in [6.07, 6.45) is 10.5. The number of hydrogen-bond donors (Lipinski definition) is 1. The van der Waals surface area contributed by atoms with Crippen LogP contribution < -0.4 is 5.32 Å². The van der Waals surface area contributed by atoms with Crippen molar-refractivity contribution < 1.29 is 4.79 Å². The second-order valence-electron chi connectivity index (χ2n) is 6.47. The van der Waals surface area contributed by atoms with E-state index in [0.717, 1.165) is 22.5 Å². The van der Waals surface area contributed by atoms with Crippen LogP contribution >= 0.6 is 0 Å². The molecule has 5 aromatic heterocycles. The van der Waals surface area contributed by atoms with Crippen LogP contribution in [0.15, 0.2) is 91.8 Å². The number of fused-ring (bicyclic) bond motifs is 1. The number of amides is 1. The summed E-state index contributed by atoms with van der Waals surface area (Å²) in [5, 5.41) is 7.23. The summed E-state index contributed by atoms with van der Waals surface area (Å²) in [4.78, 5) is 21.0. The van der Waals surface area contributed by atoms with E-state index < -0.39 is 0 Å². The number of hydrogen-bond acceptors (Lipinski definition) is 4. The number of nitrogens with one attached hydrogen (secondary N) is 1. The Morgan fingerprint density at radius 1 is 0.828 bits per heavy atom. The number of carbonyl (C=O) groups excluding carboxylic acids is 1. The van der Waals surface area contributed by atoms with Crippen LogP contribution in [-0.4, -0.2) is 30.1 Å². The van der Waals surface area contributed by atoms with Gasteiger partial charge in [0.05, 0.1) is 18.1 Å². The Morgan fingerprint density at radius 2 is 1.66 bits per heavy atom. The van der Waals surface area contributed by atoms with Crippen LogP contribution in [-0.2, 0) is 0 Å². The van der Waals surface area contributed by atoms with Gasteiger partial charge >= 0.3 is 0 Å². The normalized spacial score (nSPS) is 10.9. The molecule has 7 heteroatoms. The molecule has 0 aliphatic heterocycles. The lowest BCUT2D eigenvalue weighted by Gasteiger charge is -2.10. The van der Waals surface area contributed by atoms with Crippen molar-refractivity contribution in [3.8, 4) is 16.9 Å². The van der Waals surface area contributed by atoms with E-state index in [9.17, 15) is 4.79 Å². The van der Waals surface area contributed by atoms with Crippen molar-refractivity contribution in [3.63, 3.8) is 0 Å². The van der Waals surface area contributed by atoms with E-state index in [4.69, 9.17) is 0 Å².